The zero-order valence-corrected chi connectivity index (χ0v) is 15.6. The highest BCUT2D eigenvalue weighted by Crippen LogP contribution is 2.46. The SMILES string of the molecule is COc1ccccc1C1(O)CC2CCCC(C1)N2C(=O)OC(C)(C)C. The number of rotatable bonds is 2. The summed E-state index contributed by atoms with van der Waals surface area (Å²) in [6, 6.07) is 7.63. The standard InChI is InChI=1S/C20H29NO4/c1-19(2,3)25-18(22)21-14-8-7-9-15(21)13-20(23,12-14)16-10-5-6-11-17(16)24-4/h5-6,10-11,14-15,23H,7-9,12-13H2,1-4H3. The topological polar surface area (TPSA) is 59.0 Å². The molecule has 2 aliphatic rings. The summed E-state index contributed by atoms with van der Waals surface area (Å²) in [5.41, 5.74) is -0.666. The maximum atomic E-state index is 12.7. The number of methoxy groups -OCH3 is 1. The predicted molar refractivity (Wildman–Crippen MR) is 95.6 cm³/mol. The highest BCUT2D eigenvalue weighted by molar-refractivity contribution is 5.69. The van der Waals surface area contributed by atoms with Crippen LogP contribution in [0.15, 0.2) is 24.3 Å². The van der Waals surface area contributed by atoms with Crippen molar-refractivity contribution >= 4 is 6.09 Å². The zero-order valence-electron chi connectivity index (χ0n) is 15.6. The maximum Gasteiger partial charge on any atom is 0.410 e. The predicted octanol–water partition coefficient (Wildman–Crippen LogP) is 3.83. The van der Waals surface area contributed by atoms with E-state index in [0.717, 1.165) is 24.8 Å². The molecule has 5 nitrogen and oxygen atoms in total. The van der Waals surface area contributed by atoms with Crippen LogP contribution in [0.25, 0.3) is 0 Å². The summed E-state index contributed by atoms with van der Waals surface area (Å²) >= 11 is 0. The van der Waals surface area contributed by atoms with Gasteiger partial charge in [0.2, 0.25) is 0 Å². The largest absolute Gasteiger partial charge is 0.496 e. The van der Waals surface area contributed by atoms with E-state index in [9.17, 15) is 9.90 Å². The lowest BCUT2D eigenvalue weighted by atomic mass is 9.72. The number of nitrogens with zero attached hydrogens (tertiary/aromatic N) is 1. The van der Waals surface area contributed by atoms with Crippen LogP contribution in [-0.2, 0) is 10.3 Å². The van der Waals surface area contributed by atoms with E-state index in [1.54, 1.807) is 7.11 Å². The Kier molecular flexibility index (Phi) is 4.71. The van der Waals surface area contributed by atoms with E-state index in [0.29, 0.717) is 18.6 Å². The van der Waals surface area contributed by atoms with Crippen LogP contribution < -0.4 is 4.74 Å². The molecule has 2 heterocycles. The first-order valence-electron chi connectivity index (χ1n) is 9.11. The van der Waals surface area contributed by atoms with E-state index in [1.165, 1.54) is 0 Å². The third-order valence-electron chi connectivity index (χ3n) is 5.22. The summed E-state index contributed by atoms with van der Waals surface area (Å²) in [5, 5.41) is 11.4. The van der Waals surface area contributed by atoms with Crippen LogP contribution in [0.1, 0.15) is 58.4 Å². The van der Waals surface area contributed by atoms with E-state index < -0.39 is 11.2 Å². The minimum atomic E-state index is -0.971. The molecular weight excluding hydrogens is 318 g/mol. The van der Waals surface area contributed by atoms with Gasteiger partial charge in [-0.1, -0.05) is 18.2 Å². The Hall–Kier alpha value is -1.75. The van der Waals surface area contributed by atoms with Gasteiger partial charge in [0.25, 0.3) is 0 Å². The van der Waals surface area contributed by atoms with E-state index in [2.05, 4.69) is 0 Å². The lowest BCUT2D eigenvalue weighted by Crippen LogP contribution is -2.59. The van der Waals surface area contributed by atoms with Crippen molar-refractivity contribution in [2.75, 3.05) is 7.11 Å². The van der Waals surface area contributed by atoms with Crippen molar-refractivity contribution in [1.29, 1.82) is 0 Å². The highest BCUT2D eigenvalue weighted by Gasteiger charge is 2.49. The lowest BCUT2D eigenvalue weighted by molar-refractivity contribution is -0.0972. The molecule has 0 aliphatic carbocycles. The molecule has 5 heteroatoms. The summed E-state index contributed by atoms with van der Waals surface area (Å²) in [6.45, 7) is 5.65. The Morgan fingerprint density at radius 1 is 1.20 bits per heavy atom. The fraction of sp³-hybridized carbons (Fsp3) is 0.650. The summed E-state index contributed by atoms with van der Waals surface area (Å²) in [7, 11) is 1.62. The van der Waals surface area contributed by atoms with Crippen LogP contribution >= 0.6 is 0 Å². The second-order valence-corrected chi connectivity index (χ2v) is 8.27. The molecule has 3 rings (SSSR count). The monoisotopic (exact) mass is 347 g/mol. The van der Waals surface area contributed by atoms with Gasteiger partial charge in [0, 0.05) is 30.5 Å². The van der Waals surface area contributed by atoms with Crippen LogP contribution in [0.3, 0.4) is 0 Å². The molecule has 2 aliphatic heterocycles. The molecule has 0 saturated carbocycles. The molecule has 0 radical (unpaired) electrons. The second-order valence-electron chi connectivity index (χ2n) is 8.27. The average molecular weight is 347 g/mol. The molecule has 2 atom stereocenters. The van der Waals surface area contributed by atoms with Gasteiger partial charge in [0.05, 0.1) is 12.7 Å². The highest BCUT2D eigenvalue weighted by atomic mass is 16.6. The summed E-state index contributed by atoms with van der Waals surface area (Å²) in [6.07, 6.45) is 3.65. The Bertz CT molecular complexity index is 623. The Morgan fingerprint density at radius 3 is 2.36 bits per heavy atom. The Labute approximate surface area is 149 Å². The molecule has 138 valence electrons. The molecule has 2 unspecified atom stereocenters. The van der Waals surface area contributed by atoms with Crippen LogP contribution in [-0.4, -0.2) is 40.9 Å². The quantitative estimate of drug-likeness (QED) is 0.883. The third kappa shape index (κ3) is 3.61. The van der Waals surface area contributed by atoms with Crippen molar-refractivity contribution in [3.8, 4) is 5.75 Å². The number of carbonyl (C=O) groups excluding carboxylic acids is 1. The van der Waals surface area contributed by atoms with Crippen molar-refractivity contribution in [3.05, 3.63) is 29.8 Å². The van der Waals surface area contributed by atoms with Crippen molar-refractivity contribution in [2.45, 2.75) is 76.2 Å². The summed E-state index contributed by atoms with van der Waals surface area (Å²) < 4.78 is 11.1. The molecule has 25 heavy (non-hydrogen) atoms. The van der Waals surface area contributed by atoms with Crippen LogP contribution in [0, 0.1) is 0 Å². The number of fused-ring (bicyclic) bond motifs is 2. The normalized spacial score (nSPS) is 29.2. The van der Waals surface area contributed by atoms with Gasteiger partial charge in [-0.05, 0) is 46.1 Å². The number of ether oxygens (including phenoxy) is 2. The number of carbonyl (C=O) groups is 1. The molecule has 1 N–H and O–H groups in total. The van der Waals surface area contributed by atoms with Crippen molar-refractivity contribution in [1.82, 2.24) is 4.90 Å². The van der Waals surface area contributed by atoms with E-state index in [-0.39, 0.29) is 18.2 Å². The van der Waals surface area contributed by atoms with Crippen LogP contribution in [0.4, 0.5) is 4.79 Å². The fourth-order valence-corrected chi connectivity index (χ4v) is 4.29. The number of benzene rings is 1. The van der Waals surface area contributed by atoms with E-state index >= 15 is 0 Å². The van der Waals surface area contributed by atoms with Gasteiger partial charge < -0.3 is 19.5 Å². The van der Waals surface area contributed by atoms with Gasteiger partial charge in [-0.2, -0.15) is 0 Å². The van der Waals surface area contributed by atoms with Crippen LogP contribution in [0.5, 0.6) is 5.75 Å². The first-order valence-corrected chi connectivity index (χ1v) is 9.11. The molecule has 2 fully saturated rings. The molecular formula is C20H29NO4. The third-order valence-corrected chi connectivity index (χ3v) is 5.22. The number of aliphatic hydroxyl groups is 1. The Morgan fingerprint density at radius 2 is 1.80 bits per heavy atom. The number of para-hydroxylation sites is 1. The van der Waals surface area contributed by atoms with E-state index in [1.807, 2.05) is 49.9 Å². The molecule has 0 aromatic heterocycles. The van der Waals surface area contributed by atoms with Crippen LogP contribution in [0.2, 0.25) is 0 Å². The first-order chi connectivity index (χ1) is 11.7. The van der Waals surface area contributed by atoms with Crippen molar-refractivity contribution < 1.29 is 19.4 Å². The number of hydrogen-bond acceptors (Lipinski definition) is 4. The molecule has 1 amide bonds. The van der Waals surface area contributed by atoms with Gasteiger partial charge in [-0.15, -0.1) is 0 Å². The first kappa shape index (κ1) is 18.1. The smallest absolute Gasteiger partial charge is 0.410 e. The second kappa shape index (κ2) is 6.52. The number of amides is 1. The Balaban J connectivity index is 1.87. The molecule has 2 bridgehead atoms. The summed E-state index contributed by atoms with van der Waals surface area (Å²) in [4.78, 5) is 14.6. The lowest BCUT2D eigenvalue weighted by Gasteiger charge is -2.52. The molecule has 1 aromatic rings. The van der Waals surface area contributed by atoms with E-state index in [4.69, 9.17) is 9.47 Å². The van der Waals surface area contributed by atoms with Gasteiger partial charge >= 0.3 is 6.09 Å². The average Bonchev–Trinajstić information content (AvgIpc) is 2.52. The van der Waals surface area contributed by atoms with Gasteiger partial charge in [-0.25, -0.2) is 4.79 Å². The van der Waals surface area contributed by atoms with Crippen molar-refractivity contribution in [2.24, 2.45) is 0 Å². The minimum Gasteiger partial charge on any atom is -0.496 e. The van der Waals surface area contributed by atoms with Gasteiger partial charge in [0.1, 0.15) is 11.4 Å². The zero-order chi connectivity index (χ0) is 18.2. The van der Waals surface area contributed by atoms with Gasteiger partial charge in [-0.3, -0.25) is 0 Å². The minimum absolute atomic E-state index is 0.00253. The maximum absolute atomic E-state index is 12.7. The molecule has 2 saturated heterocycles. The number of hydrogen-bond donors (Lipinski definition) is 1. The molecule has 0 spiro atoms. The molecule has 1 aromatic carbocycles. The summed E-state index contributed by atoms with van der Waals surface area (Å²) in [5.74, 6) is 0.703. The fourth-order valence-electron chi connectivity index (χ4n) is 4.29. The number of piperidine rings is 2. The van der Waals surface area contributed by atoms with Crippen molar-refractivity contribution in [3.63, 3.8) is 0 Å². The van der Waals surface area contributed by atoms with Gasteiger partial charge in [0.15, 0.2) is 0 Å².